The molecule has 4 rings (SSSR count). The number of halogens is 1. The van der Waals surface area contributed by atoms with Gasteiger partial charge in [-0.3, -0.25) is 10.1 Å². The van der Waals surface area contributed by atoms with E-state index < -0.39 is 0 Å². The molecule has 22 heavy (non-hydrogen) atoms. The molecule has 4 aromatic rings. The summed E-state index contributed by atoms with van der Waals surface area (Å²) >= 11 is 3.41. The molecule has 0 spiro atoms. The molecule has 0 saturated heterocycles. The molecule has 0 aliphatic heterocycles. The second-order valence-electron chi connectivity index (χ2n) is 4.87. The Hall–Kier alpha value is -2.53. The molecule has 0 radical (unpaired) electrons. The molecule has 3 heterocycles. The van der Waals surface area contributed by atoms with Gasteiger partial charge in [0.25, 0.3) is 0 Å². The van der Waals surface area contributed by atoms with Gasteiger partial charge < -0.3 is 0 Å². The summed E-state index contributed by atoms with van der Waals surface area (Å²) in [5, 5.41) is 8.44. The van der Waals surface area contributed by atoms with E-state index in [-0.39, 0.29) is 0 Å². The monoisotopic (exact) mass is 350 g/mol. The van der Waals surface area contributed by atoms with E-state index in [1.54, 1.807) is 0 Å². The number of H-pyrrole nitrogens is 1. The summed E-state index contributed by atoms with van der Waals surface area (Å²) in [6.45, 7) is 0. The minimum atomic E-state index is 0.790. The third-order valence-corrected chi connectivity index (χ3v) is 3.98. The minimum Gasteiger partial charge on any atom is -0.284 e. The molecule has 1 aromatic carbocycles. The van der Waals surface area contributed by atoms with Crippen LogP contribution in [0.1, 0.15) is 0 Å². The number of nitrogens with zero attached hydrogens (tertiary/aromatic N) is 3. The van der Waals surface area contributed by atoms with Gasteiger partial charge in [0.05, 0.1) is 11.2 Å². The number of fused-ring (bicyclic) bond motifs is 1. The van der Waals surface area contributed by atoms with Crippen LogP contribution in [-0.4, -0.2) is 20.2 Å². The molecule has 0 unspecified atom stereocenters. The summed E-state index contributed by atoms with van der Waals surface area (Å²) in [6.07, 6.45) is 3.72. The van der Waals surface area contributed by atoms with Crippen LogP contribution in [0.2, 0.25) is 0 Å². The normalized spacial score (nSPS) is 11.0. The van der Waals surface area contributed by atoms with Crippen molar-refractivity contribution in [1.82, 2.24) is 20.2 Å². The van der Waals surface area contributed by atoms with Crippen molar-refractivity contribution in [3.05, 3.63) is 65.5 Å². The molecule has 3 aromatic heterocycles. The zero-order valence-electron chi connectivity index (χ0n) is 11.5. The van der Waals surface area contributed by atoms with Crippen LogP contribution in [0.5, 0.6) is 0 Å². The fourth-order valence-corrected chi connectivity index (χ4v) is 2.91. The van der Waals surface area contributed by atoms with Crippen LogP contribution in [0.3, 0.4) is 0 Å². The number of hydrogen-bond acceptors (Lipinski definition) is 3. The highest BCUT2D eigenvalue weighted by Crippen LogP contribution is 2.33. The van der Waals surface area contributed by atoms with Gasteiger partial charge in [-0.15, -0.1) is 0 Å². The van der Waals surface area contributed by atoms with E-state index in [2.05, 4.69) is 42.2 Å². The zero-order valence-corrected chi connectivity index (χ0v) is 13.1. The van der Waals surface area contributed by atoms with Crippen molar-refractivity contribution in [2.24, 2.45) is 0 Å². The first-order valence-corrected chi connectivity index (χ1v) is 7.63. The summed E-state index contributed by atoms with van der Waals surface area (Å²) in [6, 6.07) is 15.9. The van der Waals surface area contributed by atoms with Crippen LogP contribution >= 0.6 is 15.9 Å². The molecule has 0 fully saturated rings. The van der Waals surface area contributed by atoms with Crippen LogP contribution < -0.4 is 0 Å². The quantitative estimate of drug-likeness (QED) is 0.543. The lowest BCUT2D eigenvalue weighted by Gasteiger charge is -2.06. The SMILES string of the molecule is Brc1cccc(-c2n[nH]cc2-c2ccnc3ccccc23)n1. The second kappa shape index (κ2) is 5.35. The Balaban J connectivity index is 1.96. The number of hydrogen-bond donors (Lipinski definition) is 1. The van der Waals surface area contributed by atoms with Crippen molar-refractivity contribution in [2.45, 2.75) is 0 Å². The lowest BCUT2D eigenvalue weighted by Crippen LogP contribution is -1.89. The number of para-hydroxylation sites is 1. The predicted octanol–water partition coefficient (Wildman–Crippen LogP) is 4.45. The first kappa shape index (κ1) is 13.2. The number of rotatable bonds is 2. The molecular formula is C17H11BrN4. The Bertz CT molecular complexity index is 956. The Morgan fingerprint density at radius 3 is 2.73 bits per heavy atom. The largest absolute Gasteiger partial charge is 0.284 e. The third-order valence-electron chi connectivity index (χ3n) is 3.54. The maximum atomic E-state index is 4.50. The first-order chi connectivity index (χ1) is 10.8. The van der Waals surface area contributed by atoms with Crippen molar-refractivity contribution >= 4 is 26.8 Å². The maximum Gasteiger partial charge on any atom is 0.118 e. The summed E-state index contributed by atoms with van der Waals surface area (Å²) < 4.78 is 0.790. The van der Waals surface area contributed by atoms with Crippen molar-refractivity contribution < 1.29 is 0 Å². The molecule has 0 saturated carbocycles. The second-order valence-corrected chi connectivity index (χ2v) is 5.68. The smallest absolute Gasteiger partial charge is 0.118 e. The van der Waals surface area contributed by atoms with Gasteiger partial charge >= 0.3 is 0 Å². The molecule has 0 bridgehead atoms. The molecule has 0 amide bonds. The van der Waals surface area contributed by atoms with Crippen LogP contribution in [-0.2, 0) is 0 Å². The van der Waals surface area contributed by atoms with Gasteiger partial charge in [-0.05, 0) is 45.8 Å². The van der Waals surface area contributed by atoms with Gasteiger partial charge in [0.1, 0.15) is 10.3 Å². The van der Waals surface area contributed by atoms with E-state index in [0.717, 1.165) is 38.0 Å². The Morgan fingerprint density at radius 1 is 0.909 bits per heavy atom. The van der Waals surface area contributed by atoms with E-state index >= 15 is 0 Å². The van der Waals surface area contributed by atoms with Gasteiger partial charge in [-0.25, -0.2) is 4.98 Å². The van der Waals surface area contributed by atoms with Gasteiger partial charge in [0.2, 0.25) is 0 Å². The number of benzene rings is 1. The minimum absolute atomic E-state index is 0.790. The predicted molar refractivity (Wildman–Crippen MR) is 90.3 cm³/mol. The van der Waals surface area contributed by atoms with Crippen LogP contribution in [0.25, 0.3) is 33.4 Å². The molecule has 0 aliphatic rings. The fraction of sp³-hybridized carbons (Fsp3) is 0. The number of aromatic amines is 1. The highest BCUT2D eigenvalue weighted by Gasteiger charge is 2.14. The molecule has 4 nitrogen and oxygen atoms in total. The number of aromatic nitrogens is 4. The topological polar surface area (TPSA) is 54.5 Å². The summed E-state index contributed by atoms with van der Waals surface area (Å²) in [5.74, 6) is 0. The number of pyridine rings is 2. The first-order valence-electron chi connectivity index (χ1n) is 6.84. The Kier molecular flexibility index (Phi) is 3.20. The highest BCUT2D eigenvalue weighted by molar-refractivity contribution is 9.10. The van der Waals surface area contributed by atoms with Gasteiger partial charge in [-0.1, -0.05) is 24.3 Å². The third kappa shape index (κ3) is 2.19. The van der Waals surface area contributed by atoms with E-state index in [1.807, 2.05) is 54.9 Å². The van der Waals surface area contributed by atoms with Gasteiger partial charge in [-0.2, -0.15) is 5.10 Å². The van der Waals surface area contributed by atoms with Crippen LogP contribution in [0, 0.1) is 0 Å². The maximum absolute atomic E-state index is 4.50. The Labute approximate surface area is 135 Å². The van der Waals surface area contributed by atoms with Crippen molar-refractivity contribution in [3.63, 3.8) is 0 Å². The van der Waals surface area contributed by atoms with Gasteiger partial charge in [0.15, 0.2) is 0 Å². The molecule has 5 heteroatoms. The standard InChI is InChI=1S/C17H11BrN4/c18-16-7-3-6-15(21-16)17-13(10-20-22-17)11-8-9-19-14-5-2-1-4-12(11)14/h1-10H,(H,20,22). The lowest BCUT2D eigenvalue weighted by molar-refractivity contribution is 1.08. The molecule has 0 aliphatic carbocycles. The van der Waals surface area contributed by atoms with Crippen LogP contribution in [0.15, 0.2) is 65.5 Å². The lowest BCUT2D eigenvalue weighted by atomic mass is 10.0. The molecule has 106 valence electrons. The fourth-order valence-electron chi connectivity index (χ4n) is 2.56. The van der Waals surface area contributed by atoms with Crippen LogP contribution in [0.4, 0.5) is 0 Å². The van der Waals surface area contributed by atoms with Crippen molar-refractivity contribution in [1.29, 1.82) is 0 Å². The van der Waals surface area contributed by atoms with Gasteiger partial charge in [0, 0.05) is 23.3 Å². The Morgan fingerprint density at radius 2 is 1.82 bits per heavy atom. The average molecular weight is 351 g/mol. The van der Waals surface area contributed by atoms with E-state index in [4.69, 9.17) is 0 Å². The highest BCUT2D eigenvalue weighted by atomic mass is 79.9. The van der Waals surface area contributed by atoms with Crippen molar-refractivity contribution in [2.75, 3.05) is 0 Å². The molecule has 0 atom stereocenters. The van der Waals surface area contributed by atoms with E-state index in [0.29, 0.717) is 0 Å². The zero-order chi connectivity index (χ0) is 14.9. The van der Waals surface area contributed by atoms with Crippen molar-refractivity contribution in [3.8, 4) is 22.5 Å². The molecular weight excluding hydrogens is 340 g/mol. The average Bonchev–Trinajstić information content (AvgIpc) is 3.04. The molecule has 1 N–H and O–H groups in total. The van der Waals surface area contributed by atoms with E-state index in [9.17, 15) is 0 Å². The number of nitrogens with one attached hydrogen (secondary N) is 1. The summed E-state index contributed by atoms with van der Waals surface area (Å²) in [4.78, 5) is 8.91. The summed E-state index contributed by atoms with van der Waals surface area (Å²) in [7, 11) is 0. The summed E-state index contributed by atoms with van der Waals surface area (Å²) in [5.41, 5.74) is 4.74. The van der Waals surface area contributed by atoms with E-state index in [1.165, 1.54) is 0 Å².